The molecule has 0 radical (unpaired) electrons. The molecule has 14 heavy (non-hydrogen) atoms. The predicted molar refractivity (Wildman–Crippen MR) is 60.2 cm³/mol. The van der Waals surface area contributed by atoms with Gasteiger partial charge in [0.2, 0.25) is 0 Å². The second-order valence-electron chi connectivity index (χ2n) is 4.35. The van der Waals surface area contributed by atoms with Gasteiger partial charge in [0.1, 0.15) is 0 Å². The number of aromatic nitrogens is 1. The number of nitrogens with zero attached hydrogens (tertiary/aromatic N) is 1. The molecule has 0 aliphatic heterocycles. The molecule has 0 unspecified atom stereocenters. The lowest BCUT2D eigenvalue weighted by Gasteiger charge is -2.34. The average Bonchev–Trinajstić information content (AvgIpc) is 2.65. The first-order valence-electron chi connectivity index (χ1n) is 5.63. The maximum Gasteiger partial charge on any atom is 0.183 e. The van der Waals surface area contributed by atoms with E-state index in [1.165, 1.54) is 31.4 Å². The first-order valence-corrected chi connectivity index (χ1v) is 6.44. The predicted octanol–water partition coefficient (Wildman–Crippen LogP) is 3.33. The fraction of sp³-hybridized carbons (Fsp3) is 0.727. The molecule has 4 rings (SSSR count). The average molecular weight is 208 g/mol. The first kappa shape index (κ1) is 8.72. The van der Waals surface area contributed by atoms with Crippen molar-refractivity contribution in [3.05, 3.63) is 10.6 Å². The lowest BCUT2D eigenvalue weighted by atomic mass is 9.73. The van der Waals surface area contributed by atoms with Crippen LogP contribution in [0.3, 0.4) is 0 Å². The highest BCUT2D eigenvalue weighted by Crippen LogP contribution is 2.51. The number of rotatable bonds is 2. The molecule has 1 N–H and O–H groups in total. The van der Waals surface area contributed by atoms with Crippen LogP contribution in [0.2, 0.25) is 0 Å². The van der Waals surface area contributed by atoms with Crippen molar-refractivity contribution in [2.24, 2.45) is 0 Å². The van der Waals surface area contributed by atoms with E-state index >= 15 is 0 Å². The van der Waals surface area contributed by atoms with Crippen molar-refractivity contribution in [3.8, 4) is 0 Å². The van der Waals surface area contributed by atoms with Gasteiger partial charge in [0.25, 0.3) is 0 Å². The number of fused-ring (bicyclic) bond motifs is 2. The molecule has 2 bridgehead atoms. The zero-order chi connectivity index (χ0) is 9.54. The Hall–Kier alpha value is -0.570. The fourth-order valence-electron chi connectivity index (χ4n) is 2.78. The Labute approximate surface area is 88.7 Å². The highest BCUT2D eigenvalue weighted by atomic mass is 32.1. The molecule has 1 aromatic heterocycles. The van der Waals surface area contributed by atoms with Gasteiger partial charge in [-0.1, -0.05) is 0 Å². The number of thiazole rings is 1. The Morgan fingerprint density at radius 1 is 1.29 bits per heavy atom. The van der Waals surface area contributed by atoms with Crippen molar-refractivity contribution >= 4 is 16.5 Å². The summed E-state index contributed by atoms with van der Waals surface area (Å²) in [6.45, 7) is 3.12. The maximum atomic E-state index is 4.73. The minimum Gasteiger partial charge on any atom is -0.362 e. The van der Waals surface area contributed by atoms with Gasteiger partial charge in [-0.15, -0.1) is 11.3 Å². The molecule has 0 spiro atoms. The Morgan fingerprint density at radius 2 is 2.00 bits per heavy atom. The van der Waals surface area contributed by atoms with E-state index in [4.69, 9.17) is 4.98 Å². The van der Waals surface area contributed by atoms with Crippen LogP contribution in [0.25, 0.3) is 0 Å². The van der Waals surface area contributed by atoms with Crippen molar-refractivity contribution in [1.29, 1.82) is 0 Å². The first-order chi connectivity index (χ1) is 6.88. The Kier molecular flexibility index (Phi) is 2.01. The molecule has 0 amide bonds. The summed E-state index contributed by atoms with van der Waals surface area (Å²) in [4.78, 5) is 6.33. The van der Waals surface area contributed by atoms with E-state index in [0.717, 1.165) is 23.5 Å². The van der Waals surface area contributed by atoms with Crippen LogP contribution >= 0.6 is 11.3 Å². The number of anilines is 1. The number of nitrogens with one attached hydrogen (secondary N) is 1. The molecule has 0 saturated heterocycles. The summed E-state index contributed by atoms with van der Waals surface area (Å²) in [5, 5.41) is 4.49. The van der Waals surface area contributed by atoms with Crippen LogP contribution in [-0.2, 0) is 0 Å². The maximum absolute atomic E-state index is 4.73. The normalized spacial score (nSPS) is 28.9. The van der Waals surface area contributed by atoms with Crippen LogP contribution in [0, 0.1) is 0 Å². The number of hydrogen-bond donors (Lipinski definition) is 1. The zero-order valence-electron chi connectivity index (χ0n) is 8.55. The van der Waals surface area contributed by atoms with E-state index in [9.17, 15) is 0 Å². The van der Waals surface area contributed by atoms with Crippen LogP contribution in [0.4, 0.5) is 5.13 Å². The Bertz CT molecular complexity index is 308. The van der Waals surface area contributed by atoms with Crippen LogP contribution in [0.5, 0.6) is 0 Å². The molecule has 3 aliphatic rings. The van der Waals surface area contributed by atoms with E-state index in [1.807, 2.05) is 11.3 Å². The monoisotopic (exact) mass is 208 g/mol. The zero-order valence-corrected chi connectivity index (χ0v) is 9.36. The highest BCUT2D eigenvalue weighted by molar-refractivity contribution is 7.15. The molecule has 1 heterocycles. The third kappa shape index (κ3) is 1.18. The van der Waals surface area contributed by atoms with Gasteiger partial charge in [0, 0.05) is 17.3 Å². The molecule has 3 aliphatic carbocycles. The molecule has 1 aromatic rings. The van der Waals surface area contributed by atoms with Crippen LogP contribution < -0.4 is 5.32 Å². The molecule has 2 nitrogen and oxygen atoms in total. The summed E-state index contributed by atoms with van der Waals surface area (Å²) < 4.78 is 0. The fourth-order valence-corrected chi connectivity index (χ4v) is 4.07. The van der Waals surface area contributed by atoms with Crippen molar-refractivity contribution in [2.75, 3.05) is 11.9 Å². The van der Waals surface area contributed by atoms with Crippen LogP contribution in [0.1, 0.15) is 55.0 Å². The van der Waals surface area contributed by atoms with Crippen LogP contribution in [0.15, 0.2) is 0 Å². The standard InChI is InChI=1S/C11H16N2S/c1-2-12-11-13-9-7-3-5-8(6-4-7)10(9)14-11/h7-8H,2-6H2,1H3,(H,12,13). The lowest BCUT2D eigenvalue weighted by molar-refractivity contribution is 0.358. The summed E-state index contributed by atoms with van der Waals surface area (Å²) >= 11 is 1.90. The minimum absolute atomic E-state index is 0.790. The van der Waals surface area contributed by atoms with Gasteiger partial charge in [-0.3, -0.25) is 0 Å². The second kappa shape index (κ2) is 3.23. The molecular weight excluding hydrogens is 192 g/mol. The second-order valence-corrected chi connectivity index (χ2v) is 5.38. The van der Waals surface area contributed by atoms with Crippen molar-refractivity contribution in [2.45, 2.75) is 44.4 Å². The molecule has 0 aromatic carbocycles. The summed E-state index contributed by atoms with van der Waals surface area (Å²) in [5.41, 5.74) is 1.44. The highest BCUT2D eigenvalue weighted by Gasteiger charge is 2.35. The minimum atomic E-state index is 0.790. The summed E-state index contributed by atoms with van der Waals surface area (Å²) in [5.74, 6) is 1.64. The lowest BCUT2D eigenvalue weighted by Crippen LogP contribution is -2.20. The molecule has 1 saturated carbocycles. The van der Waals surface area contributed by atoms with E-state index in [2.05, 4.69) is 12.2 Å². The van der Waals surface area contributed by atoms with Gasteiger partial charge in [-0.25, -0.2) is 4.98 Å². The topological polar surface area (TPSA) is 24.9 Å². The number of hydrogen-bond acceptors (Lipinski definition) is 3. The van der Waals surface area contributed by atoms with Gasteiger partial charge in [-0.2, -0.15) is 0 Å². The third-order valence-corrected chi connectivity index (χ3v) is 4.69. The van der Waals surface area contributed by atoms with Crippen molar-refractivity contribution in [1.82, 2.24) is 4.98 Å². The Morgan fingerprint density at radius 3 is 2.64 bits per heavy atom. The largest absolute Gasteiger partial charge is 0.362 e. The van der Waals surface area contributed by atoms with Crippen molar-refractivity contribution in [3.63, 3.8) is 0 Å². The van der Waals surface area contributed by atoms with E-state index < -0.39 is 0 Å². The molecule has 1 fully saturated rings. The summed E-state index contributed by atoms with van der Waals surface area (Å²) in [7, 11) is 0. The molecule has 76 valence electrons. The van der Waals surface area contributed by atoms with Crippen LogP contribution in [-0.4, -0.2) is 11.5 Å². The smallest absolute Gasteiger partial charge is 0.183 e. The summed E-state index contributed by atoms with van der Waals surface area (Å²) in [6, 6.07) is 0. The van der Waals surface area contributed by atoms with Gasteiger partial charge >= 0.3 is 0 Å². The van der Waals surface area contributed by atoms with Crippen molar-refractivity contribution < 1.29 is 0 Å². The molecule has 3 heteroatoms. The Balaban J connectivity index is 1.99. The van der Waals surface area contributed by atoms with Gasteiger partial charge < -0.3 is 5.32 Å². The third-order valence-electron chi connectivity index (χ3n) is 3.49. The van der Waals surface area contributed by atoms with E-state index in [1.54, 1.807) is 4.88 Å². The quantitative estimate of drug-likeness (QED) is 0.806. The van der Waals surface area contributed by atoms with E-state index in [-0.39, 0.29) is 0 Å². The van der Waals surface area contributed by atoms with E-state index in [0.29, 0.717) is 0 Å². The molecular formula is C11H16N2S. The SMILES string of the molecule is CCNc1nc2c(s1)C1CCC2CC1. The van der Waals surface area contributed by atoms with Gasteiger partial charge in [-0.05, 0) is 38.5 Å². The molecule has 0 atom stereocenters. The summed E-state index contributed by atoms with van der Waals surface area (Å²) in [6.07, 6.45) is 5.58. The van der Waals surface area contributed by atoms with Gasteiger partial charge in [0.15, 0.2) is 5.13 Å². The van der Waals surface area contributed by atoms with Gasteiger partial charge in [0.05, 0.1) is 5.69 Å².